The summed E-state index contributed by atoms with van der Waals surface area (Å²) in [6.07, 6.45) is 0. The molecule has 2 N–H and O–H groups in total. The highest BCUT2D eigenvalue weighted by atomic mass is 35.5. The quantitative estimate of drug-likeness (QED) is 0.500. The predicted molar refractivity (Wildman–Crippen MR) is 101 cm³/mol. The number of hydrogen-bond donors (Lipinski definition) is 1. The number of nitriles is 1. The smallest absolute Gasteiger partial charge is 0.288 e. The minimum atomic E-state index is -0.586. The molecule has 0 fully saturated rings. The zero-order chi connectivity index (χ0) is 18.8. The van der Waals surface area contributed by atoms with Gasteiger partial charge in [-0.2, -0.15) is 5.26 Å². The van der Waals surface area contributed by atoms with E-state index in [1.165, 1.54) is 12.1 Å². The molecule has 0 aliphatic carbocycles. The second kappa shape index (κ2) is 7.00. The molecule has 1 aromatic heterocycles. The molecule has 1 heterocycles. The van der Waals surface area contributed by atoms with E-state index in [0.717, 1.165) is 0 Å². The molecule has 26 heavy (non-hydrogen) atoms. The highest BCUT2D eigenvalue weighted by Crippen LogP contribution is 2.36. The molecule has 3 rings (SSSR count). The number of nitro groups is 1. The number of nitrogens with zero attached hydrogens (tertiary/aromatic N) is 3. The van der Waals surface area contributed by atoms with Gasteiger partial charge in [0.1, 0.15) is 22.5 Å². The van der Waals surface area contributed by atoms with Crippen molar-refractivity contribution in [2.24, 2.45) is 0 Å². The lowest BCUT2D eigenvalue weighted by Crippen LogP contribution is -2.00. The Bertz CT molecular complexity index is 1080. The molecular weight excluding hydrogens is 375 g/mol. The Morgan fingerprint density at radius 1 is 1.08 bits per heavy atom. The molecular formula is C18H10Cl2N4O2. The maximum absolute atomic E-state index is 11.2. The summed E-state index contributed by atoms with van der Waals surface area (Å²) < 4.78 is 0. The van der Waals surface area contributed by atoms with Gasteiger partial charge in [0.2, 0.25) is 0 Å². The highest BCUT2D eigenvalue weighted by Gasteiger charge is 2.18. The molecule has 8 heteroatoms. The van der Waals surface area contributed by atoms with E-state index in [9.17, 15) is 15.4 Å². The number of hydrogen-bond acceptors (Lipinski definition) is 5. The van der Waals surface area contributed by atoms with Gasteiger partial charge in [0.05, 0.1) is 10.6 Å². The maximum Gasteiger partial charge on any atom is 0.288 e. The third-order valence-corrected chi connectivity index (χ3v) is 4.41. The van der Waals surface area contributed by atoms with Crippen LogP contribution in [0.1, 0.15) is 5.56 Å². The Labute approximate surface area is 158 Å². The summed E-state index contributed by atoms with van der Waals surface area (Å²) in [4.78, 5) is 14.8. The van der Waals surface area contributed by atoms with Crippen molar-refractivity contribution in [1.29, 1.82) is 5.26 Å². The summed E-state index contributed by atoms with van der Waals surface area (Å²) in [7, 11) is 0. The predicted octanol–water partition coefficient (Wildman–Crippen LogP) is 5.08. The van der Waals surface area contributed by atoms with Crippen molar-refractivity contribution in [2.45, 2.75) is 0 Å². The van der Waals surface area contributed by atoms with Crippen LogP contribution in [0.4, 0.5) is 11.5 Å². The van der Waals surface area contributed by atoms with E-state index < -0.39 is 4.92 Å². The molecule has 0 amide bonds. The third-order valence-electron chi connectivity index (χ3n) is 3.76. The summed E-state index contributed by atoms with van der Waals surface area (Å²) in [5, 5.41) is 21.1. The first-order valence-electron chi connectivity index (χ1n) is 7.32. The Balaban J connectivity index is 2.28. The van der Waals surface area contributed by atoms with Crippen LogP contribution in [0.15, 0.2) is 48.5 Å². The second-order valence-corrected chi connectivity index (χ2v) is 6.14. The van der Waals surface area contributed by atoms with Gasteiger partial charge < -0.3 is 5.73 Å². The fourth-order valence-corrected chi connectivity index (χ4v) is 2.96. The number of halogens is 2. The van der Waals surface area contributed by atoms with Gasteiger partial charge in [0, 0.05) is 22.2 Å². The monoisotopic (exact) mass is 384 g/mol. The second-order valence-electron chi connectivity index (χ2n) is 5.33. The lowest BCUT2D eigenvalue weighted by atomic mass is 9.98. The van der Waals surface area contributed by atoms with Crippen LogP contribution in [0.2, 0.25) is 10.0 Å². The summed E-state index contributed by atoms with van der Waals surface area (Å²) in [5.41, 5.74) is 7.74. The van der Waals surface area contributed by atoms with Gasteiger partial charge in [-0.15, -0.1) is 0 Å². The molecule has 2 aromatic carbocycles. The largest absolute Gasteiger partial charge is 0.383 e. The van der Waals surface area contributed by atoms with Crippen molar-refractivity contribution < 1.29 is 4.92 Å². The average Bonchev–Trinajstić information content (AvgIpc) is 2.61. The van der Waals surface area contributed by atoms with E-state index in [2.05, 4.69) is 4.98 Å². The van der Waals surface area contributed by atoms with Crippen molar-refractivity contribution in [3.05, 3.63) is 74.3 Å². The molecule has 0 saturated heterocycles. The minimum absolute atomic E-state index is 0.00520. The standard InChI is InChI=1S/C18H10Cl2N4O2/c19-14-4-2-1-3-11(14)16-8-12(13(9-21)18(22)23-16)10-5-6-15(20)17(7-10)24(25)26/h1-8H,(H2,22,23). The average molecular weight is 385 g/mol. The number of nitrogens with two attached hydrogens (primary N) is 1. The van der Waals surface area contributed by atoms with E-state index in [1.807, 2.05) is 6.07 Å². The van der Waals surface area contributed by atoms with Gasteiger partial charge >= 0.3 is 0 Å². The Morgan fingerprint density at radius 2 is 1.81 bits per heavy atom. The first-order valence-corrected chi connectivity index (χ1v) is 8.07. The maximum atomic E-state index is 11.2. The lowest BCUT2D eigenvalue weighted by Gasteiger charge is -2.11. The molecule has 3 aromatic rings. The van der Waals surface area contributed by atoms with Crippen molar-refractivity contribution in [3.8, 4) is 28.5 Å². The summed E-state index contributed by atoms with van der Waals surface area (Å²) in [6, 6.07) is 15.0. The molecule has 0 saturated carbocycles. The van der Waals surface area contributed by atoms with E-state index >= 15 is 0 Å². The topological polar surface area (TPSA) is 106 Å². The molecule has 0 unspecified atom stereocenters. The van der Waals surface area contributed by atoms with Crippen LogP contribution in [0.25, 0.3) is 22.4 Å². The minimum Gasteiger partial charge on any atom is -0.383 e. The number of nitrogen functional groups attached to an aromatic ring is 1. The molecule has 0 atom stereocenters. The van der Waals surface area contributed by atoms with Gasteiger partial charge in [0.25, 0.3) is 5.69 Å². The summed E-state index contributed by atoms with van der Waals surface area (Å²) in [5.74, 6) is 0.0116. The molecule has 6 nitrogen and oxygen atoms in total. The Kier molecular flexibility index (Phi) is 4.76. The van der Waals surface area contributed by atoms with Crippen molar-refractivity contribution >= 4 is 34.7 Å². The first-order chi connectivity index (χ1) is 12.4. The van der Waals surface area contributed by atoms with Crippen LogP contribution >= 0.6 is 23.2 Å². The van der Waals surface area contributed by atoms with Crippen LogP contribution in [0.3, 0.4) is 0 Å². The van der Waals surface area contributed by atoms with E-state index in [1.54, 1.807) is 36.4 Å². The van der Waals surface area contributed by atoms with Crippen LogP contribution in [-0.4, -0.2) is 9.91 Å². The van der Waals surface area contributed by atoms with Crippen LogP contribution < -0.4 is 5.73 Å². The summed E-state index contributed by atoms with van der Waals surface area (Å²) >= 11 is 12.1. The van der Waals surface area contributed by atoms with Gasteiger partial charge in [-0.25, -0.2) is 4.98 Å². The molecule has 128 valence electrons. The van der Waals surface area contributed by atoms with Crippen molar-refractivity contribution in [2.75, 3.05) is 5.73 Å². The van der Waals surface area contributed by atoms with E-state index in [0.29, 0.717) is 27.4 Å². The van der Waals surface area contributed by atoms with Gasteiger partial charge in [0.15, 0.2) is 0 Å². The number of nitro benzene ring substituents is 1. The van der Waals surface area contributed by atoms with Gasteiger partial charge in [-0.05, 0) is 23.8 Å². The zero-order valence-corrected chi connectivity index (χ0v) is 14.6. The molecule has 0 radical (unpaired) electrons. The first kappa shape index (κ1) is 17.7. The zero-order valence-electron chi connectivity index (χ0n) is 13.1. The van der Waals surface area contributed by atoms with Gasteiger partial charge in [-0.1, -0.05) is 47.5 Å². The summed E-state index contributed by atoms with van der Waals surface area (Å²) in [6.45, 7) is 0. The fraction of sp³-hybridized carbons (Fsp3) is 0. The number of aromatic nitrogens is 1. The van der Waals surface area contributed by atoms with E-state index in [-0.39, 0.29) is 22.1 Å². The number of anilines is 1. The lowest BCUT2D eigenvalue weighted by molar-refractivity contribution is -0.384. The molecule has 0 bridgehead atoms. The van der Waals surface area contributed by atoms with Crippen LogP contribution in [0, 0.1) is 21.4 Å². The number of pyridine rings is 1. The van der Waals surface area contributed by atoms with Crippen molar-refractivity contribution in [3.63, 3.8) is 0 Å². The number of benzene rings is 2. The Hall–Kier alpha value is -3.14. The highest BCUT2D eigenvalue weighted by molar-refractivity contribution is 6.33. The SMILES string of the molecule is N#Cc1c(-c2ccc(Cl)c([N+](=O)[O-])c2)cc(-c2ccccc2Cl)nc1N. The number of rotatable bonds is 3. The molecule has 0 aliphatic heterocycles. The van der Waals surface area contributed by atoms with Crippen LogP contribution in [0.5, 0.6) is 0 Å². The molecule has 0 aliphatic rings. The third kappa shape index (κ3) is 3.18. The van der Waals surface area contributed by atoms with Crippen LogP contribution in [-0.2, 0) is 0 Å². The normalized spacial score (nSPS) is 10.3. The van der Waals surface area contributed by atoms with Crippen molar-refractivity contribution in [1.82, 2.24) is 4.98 Å². The Morgan fingerprint density at radius 3 is 2.46 bits per heavy atom. The fourth-order valence-electron chi connectivity index (χ4n) is 2.54. The molecule has 0 spiro atoms. The van der Waals surface area contributed by atoms with Gasteiger partial charge in [-0.3, -0.25) is 10.1 Å². The van der Waals surface area contributed by atoms with E-state index in [4.69, 9.17) is 28.9 Å².